The second kappa shape index (κ2) is 6.32. The Morgan fingerprint density at radius 2 is 1.71 bits per heavy atom. The van der Waals surface area contributed by atoms with Crippen LogP contribution in [-0.2, 0) is 0 Å². The van der Waals surface area contributed by atoms with Crippen molar-refractivity contribution in [3.05, 3.63) is 65.4 Å². The van der Waals surface area contributed by atoms with Gasteiger partial charge in [0.25, 0.3) is 0 Å². The first-order valence-electron chi connectivity index (χ1n) is 7.86. The highest BCUT2D eigenvalue weighted by molar-refractivity contribution is 6.11. The minimum atomic E-state index is -0.619. The van der Waals surface area contributed by atoms with Crippen molar-refractivity contribution in [1.29, 1.82) is 0 Å². The van der Waals surface area contributed by atoms with Gasteiger partial charge in [0, 0.05) is 27.7 Å². The number of aromatic nitrogens is 1. The molecule has 1 heterocycles. The Balaban J connectivity index is 1.84. The van der Waals surface area contributed by atoms with Crippen molar-refractivity contribution in [3.8, 4) is 5.75 Å². The van der Waals surface area contributed by atoms with Crippen molar-refractivity contribution in [2.75, 3.05) is 0 Å². The lowest BCUT2D eigenvalue weighted by atomic mass is 10.0. The van der Waals surface area contributed by atoms with Gasteiger partial charge in [0.05, 0.1) is 0 Å². The number of hydrogen-bond donors (Lipinski definition) is 1. The molecule has 3 aromatic rings. The molecule has 1 N–H and O–H groups in total. The van der Waals surface area contributed by atoms with E-state index in [9.17, 15) is 9.59 Å². The summed E-state index contributed by atoms with van der Waals surface area (Å²) < 4.78 is 5.76. The van der Waals surface area contributed by atoms with Crippen molar-refractivity contribution < 1.29 is 14.3 Å². The van der Waals surface area contributed by atoms with Crippen LogP contribution in [0.4, 0.5) is 0 Å². The van der Waals surface area contributed by atoms with Crippen molar-refractivity contribution in [2.45, 2.75) is 26.9 Å². The summed E-state index contributed by atoms with van der Waals surface area (Å²) in [7, 11) is 0. The number of para-hydroxylation sites is 1. The van der Waals surface area contributed by atoms with Gasteiger partial charge in [-0.3, -0.25) is 9.59 Å². The zero-order valence-corrected chi connectivity index (χ0v) is 13.9. The number of hydrogen-bond acceptors (Lipinski definition) is 3. The predicted molar refractivity (Wildman–Crippen MR) is 93.9 cm³/mol. The first-order valence-corrected chi connectivity index (χ1v) is 7.86. The Morgan fingerprint density at radius 1 is 1.04 bits per heavy atom. The number of ether oxygens (including phenoxy) is 1. The molecule has 2 aromatic carbocycles. The fourth-order valence-electron chi connectivity index (χ4n) is 2.82. The standard InChI is InChI=1S/C20H19NO3/c1-12-19(17-6-4-5-7-18(17)21-12)20(23)14(3)24-16-10-8-15(9-11-16)13(2)22/h4-11,14,21H,1-3H3/t14-/m1/s1. The fourth-order valence-corrected chi connectivity index (χ4v) is 2.82. The molecule has 0 amide bonds. The normalized spacial score (nSPS) is 12.1. The van der Waals surface area contributed by atoms with Crippen LogP contribution in [0.2, 0.25) is 0 Å². The van der Waals surface area contributed by atoms with Crippen molar-refractivity contribution in [2.24, 2.45) is 0 Å². The highest BCUT2D eigenvalue weighted by atomic mass is 16.5. The molecule has 0 unspecified atom stereocenters. The molecule has 122 valence electrons. The van der Waals surface area contributed by atoms with Gasteiger partial charge in [-0.15, -0.1) is 0 Å². The van der Waals surface area contributed by atoms with Crippen LogP contribution >= 0.6 is 0 Å². The molecule has 0 bridgehead atoms. The summed E-state index contributed by atoms with van der Waals surface area (Å²) in [6.07, 6.45) is -0.619. The number of carbonyl (C=O) groups excluding carboxylic acids is 2. The van der Waals surface area contributed by atoms with Crippen LogP contribution in [0.25, 0.3) is 10.9 Å². The third-order valence-corrected chi connectivity index (χ3v) is 4.08. The lowest BCUT2D eigenvalue weighted by molar-refractivity contribution is 0.0818. The molecule has 0 aliphatic heterocycles. The van der Waals surface area contributed by atoms with Crippen molar-refractivity contribution >= 4 is 22.5 Å². The summed E-state index contributed by atoms with van der Waals surface area (Å²) in [5, 5.41) is 0.905. The molecule has 1 aromatic heterocycles. The van der Waals surface area contributed by atoms with E-state index in [0.717, 1.165) is 16.6 Å². The van der Waals surface area contributed by atoms with E-state index < -0.39 is 6.10 Å². The molecule has 0 saturated carbocycles. The van der Waals surface area contributed by atoms with Crippen LogP contribution in [0.3, 0.4) is 0 Å². The van der Waals surface area contributed by atoms with E-state index in [1.165, 1.54) is 6.92 Å². The second-order valence-electron chi connectivity index (χ2n) is 5.88. The monoisotopic (exact) mass is 321 g/mol. The summed E-state index contributed by atoms with van der Waals surface area (Å²) in [6, 6.07) is 14.6. The van der Waals surface area contributed by atoms with E-state index in [1.54, 1.807) is 31.2 Å². The van der Waals surface area contributed by atoms with Crippen LogP contribution in [-0.4, -0.2) is 22.7 Å². The zero-order valence-electron chi connectivity index (χ0n) is 13.9. The molecule has 0 saturated heterocycles. The molecule has 0 radical (unpaired) electrons. The molecule has 4 nitrogen and oxygen atoms in total. The van der Waals surface area contributed by atoms with Crippen LogP contribution < -0.4 is 4.74 Å². The number of carbonyl (C=O) groups is 2. The molecule has 24 heavy (non-hydrogen) atoms. The number of H-pyrrole nitrogens is 1. The number of ketones is 2. The Morgan fingerprint density at radius 3 is 2.38 bits per heavy atom. The van der Waals surface area contributed by atoms with Gasteiger partial charge in [-0.1, -0.05) is 18.2 Å². The highest BCUT2D eigenvalue weighted by Crippen LogP contribution is 2.24. The summed E-state index contributed by atoms with van der Waals surface area (Å²) in [5.41, 5.74) is 3.06. The molecule has 0 aliphatic rings. The maximum Gasteiger partial charge on any atom is 0.205 e. The maximum atomic E-state index is 12.8. The first kappa shape index (κ1) is 16.0. The van der Waals surface area contributed by atoms with E-state index in [0.29, 0.717) is 16.9 Å². The number of nitrogens with one attached hydrogen (secondary N) is 1. The largest absolute Gasteiger partial charge is 0.483 e. The Kier molecular flexibility index (Phi) is 4.21. The number of benzene rings is 2. The topological polar surface area (TPSA) is 59.2 Å². The smallest absolute Gasteiger partial charge is 0.205 e. The van der Waals surface area contributed by atoms with E-state index in [1.807, 2.05) is 31.2 Å². The van der Waals surface area contributed by atoms with E-state index in [4.69, 9.17) is 4.74 Å². The quantitative estimate of drug-likeness (QED) is 0.712. The van der Waals surface area contributed by atoms with Gasteiger partial charge in [-0.25, -0.2) is 0 Å². The van der Waals surface area contributed by atoms with Gasteiger partial charge < -0.3 is 9.72 Å². The lowest BCUT2D eigenvalue weighted by Crippen LogP contribution is -2.24. The fraction of sp³-hybridized carbons (Fsp3) is 0.200. The average Bonchev–Trinajstić information content (AvgIpc) is 2.90. The third kappa shape index (κ3) is 2.95. The van der Waals surface area contributed by atoms with Crippen LogP contribution in [0, 0.1) is 6.92 Å². The van der Waals surface area contributed by atoms with Crippen molar-refractivity contribution in [1.82, 2.24) is 4.98 Å². The van der Waals surface area contributed by atoms with Gasteiger partial charge in [0.15, 0.2) is 11.9 Å². The SMILES string of the molecule is CC(=O)c1ccc(O[C@H](C)C(=O)c2c(C)[nH]c3ccccc23)cc1. The minimum absolute atomic E-state index is 0.0000854. The van der Waals surface area contributed by atoms with Gasteiger partial charge in [0.1, 0.15) is 5.75 Å². The van der Waals surface area contributed by atoms with Crippen LogP contribution in [0.15, 0.2) is 48.5 Å². The number of aromatic amines is 1. The van der Waals surface area contributed by atoms with Gasteiger partial charge in [-0.05, 0) is 51.1 Å². The van der Waals surface area contributed by atoms with Gasteiger partial charge in [0.2, 0.25) is 5.78 Å². The Labute approximate surface area is 140 Å². The summed E-state index contributed by atoms with van der Waals surface area (Å²) >= 11 is 0. The second-order valence-corrected chi connectivity index (χ2v) is 5.88. The molecular formula is C20H19NO3. The Bertz CT molecular complexity index is 906. The minimum Gasteiger partial charge on any atom is -0.483 e. The third-order valence-electron chi connectivity index (χ3n) is 4.08. The van der Waals surface area contributed by atoms with Crippen LogP contribution in [0.5, 0.6) is 5.75 Å². The van der Waals surface area contributed by atoms with Crippen LogP contribution in [0.1, 0.15) is 40.3 Å². The lowest BCUT2D eigenvalue weighted by Gasteiger charge is -2.14. The molecule has 3 rings (SSSR count). The van der Waals surface area contributed by atoms with Crippen molar-refractivity contribution in [3.63, 3.8) is 0 Å². The number of fused-ring (bicyclic) bond motifs is 1. The van der Waals surface area contributed by atoms with E-state index in [2.05, 4.69) is 4.98 Å². The Hall–Kier alpha value is -2.88. The predicted octanol–water partition coefficient (Wildman–Crippen LogP) is 4.33. The molecule has 0 fully saturated rings. The molecule has 0 aliphatic carbocycles. The first-order chi connectivity index (χ1) is 11.5. The van der Waals surface area contributed by atoms with Gasteiger partial charge >= 0.3 is 0 Å². The van der Waals surface area contributed by atoms with E-state index >= 15 is 0 Å². The summed E-state index contributed by atoms with van der Waals surface area (Å²) in [5.74, 6) is 0.499. The average molecular weight is 321 g/mol. The molecule has 0 spiro atoms. The molecule has 4 heteroatoms. The maximum absolute atomic E-state index is 12.8. The summed E-state index contributed by atoms with van der Waals surface area (Å²) in [6.45, 7) is 5.14. The van der Waals surface area contributed by atoms with E-state index in [-0.39, 0.29) is 11.6 Å². The zero-order chi connectivity index (χ0) is 17.3. The number of Topliss-reactive ketones (excluding diaryl/α,β-unsaturated/α-hetero) is 2. The molecular weight excluding hydrogens is 302 g/mol. The number of rotatable bonds is 5. The molecule has 1 atom stereocenters. The number of aryl methyl sites for hydroxylation is 1. The van der Waals surface area contributed by atoms with Gasteiger partial charge in [-0.2, -0.15) is 0 Å². The summed E-state index contributed by atoms with van der Waals surface area (Å²) in [4.78, 5) is 27.4. The highest BCUT2D eigenvalue weighted by Gasteiger charge is 2.22.